The number of aromatic nitrogens is 5. The summed E-state index contributed by atoms with van der Waals surface area (Å²) in [5, 5.41) is 0. The number of fused-ring (bicyclic) bond motifs is 4. The molecule has 4 aliphatic carbocycles. The first-order valence-electron chi connectivity index (χ1n) is 13.3. The van der Waals surface area contributed by atoms with Crippen molar-refractivity contribution < 1.29 is 9.47 Å². The summed E-state index contributed by atoms with van der Waals surface area (Å²) in [7, 11) is 0. The van der Waals surface area contributed by atoms with E-state index < -0.39 is 0 Å². The molecule has 0 amide bonds. The Morgan fingerprint density at radius 3 is 2.54 bits per heavy atom. The lowest BCUT2D eigenvalue weighted by Gasteiger charge is -2.52. The van der Waals surface area contributed by atoms with E-state index in [0.717, 1.165) is 63.6 Å². The Morgan fingerprint density at radius 2 is 1.86 bits per heavy atom. The molecule has 4 fully saturated rings. The van der Waals surface area contributed by atoms with Crippen LogP contribution in [-0.2, 0) is 12.0 Å². The first-order chi connectivity index (χ1) is 17.1. The Bertz CT molecular complexity index is 1220. The monoisotopic (exact) mass is 477 g/mol. The van der Waals surface area contributed by atoms with Gasteiger partial charge in [0, 0.05) is 29.6 Å². The lowest BCUT2D eigenvalue weighted by molar-refractivity contribution is -0.00258. The van der Waals surface area contributed by atoms with Crippen LogP contribution in [0.25, 0.3) is 11.2 Å². The van der Waals surface area contributed by atoms with Crippen LogP contribution in [0.15, 0.2) is 29.2 Å². The fourth-order valence-corrected chi connectivity index (χ4v) is 6.38. The second-order valence-electron chi connectivity index (χ2n) is 10.9. The van der Waals surface area contributed by atoms with Gasteiger partial charge in [0.2, 0.25) is 5.88 Å². The van der Waals surface area contributed by atoms with Crippen molar-refractivity contribution in [1.82, 2.24) is 24.5 Å². The van der Waals surface area contributed by atoms with Gasteiger partial charge in [-0.15, -0.1) is 0 Å². The largest absolute Gasteiger partial charge is 0.477 e. The second-order valence-corrected chi connectivity index (χ2v) is 10.9. The highest BCUT2D eigenvalue weighted by Crippen LogP contribution is 2.57. The molecule has 4 aliphatic rings. The van der Waals surface area contributed by atoms with Crippen molar-refractivity contribution in [1.29, 1.82) is 0 Å². The predicted octanol–water partition coefficient (Wildman–Crippen LogP) is 4.92. The van der Waals surface area contributed by atoms with Crippen LogP contribution in [0.4, 0.5) is 0 Å². The van der Waals surface area contributed by atoms with E-state index in [9.17, 15) is 4.79 Å². The summed E-state index contributed by atoms with van der Waals surface area (Å²) in [5.41, 5.74) is 1.15. The molecule has 0 saturated heterocycles. The second kappa shape index (κ2) is 8.95. The number of nitrogens with zero attached hydrogens (tertiary/aromatic N) is 4. The molecule has 0 atom stereocenters. The minimum Gasteiger partial charge on any atom is -0.477 e. The topological polar surface area (TPSA) is 94.9 Å². The Kier molecular flexibility index (Phi) is 5.77. The minimum absolute atomic E-state index is 0.0120. The van der Waals surface area contributed by atoms with Gasteiger partial charge in [0.15, 0.2) is 11.2 Å². The summed E-state index contributed by atoms with van der Waals surface area (Å²) in [6, 6.07) is 6.22. The molecular weight excluding hydrogens is 442 g/mol. The maximum atomic E-state index is 13.4. The molecule has 186 valence electrons. The molecule has 0 radical (unpaired) electrons. The molecule has 4 saturated carbocycles. The van der Waals surface area contributed by atoms with E-state index in [1.54, 1.807) is 10.8 Å². The highest BCUT2D eigenvalue weighted by molar-refractivity contribution is 5.70. The smallest absolute Gasteiger partial charge is 0.301 e. The molecule has 3 aromatic rings. The van der Waals surface area contributed by atoms with Gasteiger partial charge in [0.05, 0.1) is 6.61 Å². The van der Waals surface area contributed by atoms with E-state index in [-0.39, 0.29) is 22.5 Å². The van der Waals surface area contributed by atoms with Crippen molar-refractivity contribution in [2.45, 2.75) is 95.6 Å². The van der Waals surface area contributed by atoms with Crippen molar-refractivity contribution in [3.63, 3.8) is 0 Å². The van der Waals surface area contributed by atoms with E-state index in [1.807, 2.05) is 18.2 Å². The zero-order chi connectivity index (χ0) is 23.9. The van der Waals surface area contributed by atoms with Gasteiger partial charge in [0.1, 0.15) is 11.9 Å². The number of hydrogen-bond acceptors (Lipinski definition) is 6. The Labute approximate surface area is 205 Å². The molecular formula is C27H35N5O3. The molecule has 3 aromatic heterocycles. The molecule has 8 nitrogen and oxygen atoms in total. The number of imidazole rings is 1. The lowest BCUT2D eigenvalue weighted by atomic mass is 9.53. The number of rotatable bonds is 8. The summed E-state index contributed by atoms with van der Waals surface area (Å²) in [4.78, 5) is 30.9. The first-order valence-corrected chi connectivity index (χ1v) is 13.3. The number of nitrogens with one attached hydrogen (secondary N) is 1. The van der Waals surface area contributed by atoms with E-state index in [2.05, 4.69) is 16.9 Å². The average molecular weight is 478 g/mol. The van der Waals surface area contributed by atoms with Gasteiger partial charge >= 0.3 is 6.01 Å². The van der Waals surface area contributed by atoms with Gasteiger partial charge in [0.25, 0.3) is 5.56 Å². The number of ether oxygens (including phenoxy) is 2. The molecule has 8 heteroatoms. The highest BCUT2D eigenvalue weighted by Gasteiger charge is 2.51. The first kappa shape index (κ1) is 22.6. The number of pyridine rings is 1. The Hall–Kier alpha value is -2.90. The van der Waals surface area contributed by atoms with E-state index in [1.165, 1.54) is 12.8 Å². The standard InChI is InChI=1S/C27H35N5O3/c1-2-17-32-23(33)21-22(31-25(32)35-19-7-3-4-8-19)30-24(29-21)27-13-10-26(11-14-27,12-15-27)18-34-20-9-5-6-16-28-20/h5-6,9,16,19H,2-4,7-8,10-15,17-18H2,1H3,(H,29,30). The molecule has 1 N–H and O–H groups in total. The Balaban J connectivity index is 1.24. The molecule has 0 spiro atoms. The molecule has 2 bridgehead atoms. The summed E-state index contributed by atoms with van der Waals surface area (Å²) in [6.07, 6.45) is 13.6. The quantitative estimate of drug-likeness (QED) is 0.495. The van der Waals surface area contributed by atoms with Crippen molar-refractivity contribution in [2.75, 3.05) is 6.61 Å². The third-order valence-corrected chi connectivity index (χ3v) is 8.67. The van der Waals surface area contributed by atoms with Crippen molar-refractivity contribution in [3.8, 4) is 11.9 Å². The normalized spacial score (nSPS) is 26.4. The molecule has 0 aromatic carbocycles. The van der Waals surface area contributed by atoms with Crippen molar-refractivity contribution in [3.05, 3.63) is 40.6 Å². The number of aromatic amines is 1. The highest BCUT2D eigenvalue weighted by atomic mass is 16.5. The zero-order valence-corrected chi connectivity index (χ0v) is 20.6. The predicted molar refractivity (Wildman–Crippen MR) is 133 cm³/mol. The van der Waals surface area contributed by atoms with Crippen LogP contribution in [0.5, 0.6) is 11.9 Å². The summed E-state index contributed by atoms with van der Waals surface area (Å²) in [5.74, 6) is 1.63. The van der Waals surface area contributed by atoms with Gasteiger partial charge in [-0.2, -0.15) is 4.98 Å². The molecule has 3 heterocycles. The maximum absolute atomic E-state index is 13.4. The maximum Gasteiger partial charge on any atom is 0.301 e. The molecule has 0 aliphatic heterocycles. The lowest BCUT2D eigenvalue weighted by Crippen LogP contribution is -2.47. The van der Waals surface area contributed by atoms with Gasteiger partial charge in [-0.05, 0) is 76.7 Å². The van der Waals surface area contributed by atoms with Gasteiger partial charge in [-0.25, -0.2) is 9.97 Å². The van der Waals surface area contributed by atoms with E-state index in [0.29, 0.717) is 36.2 Å². The van der Waals surface area contributed by atoms with Crippen LogP contribution < -0.4 is 15.0 Å². The van der Waals surface area contributed by atoms with Crippen LogP contribution >= 0.6 is 0 Å². The fraction of sp³-hybridized carbons (Fsp3) is 0.630. The van der Waals surface area contributed by atoms with Gasteiger partial charge in [-0.3, -0.25) is 9.36 Å². The molecule has 0 unspecified atom stereocenters. The summed E-state index contributed by atoms with van der Waals surface area (Å²) < 4.78 is 14.0. The summed E-state index contributed by atoms with van der Waals surface area (Å²) in [6.45, 7) is 3.38. The third-order valence-electron chi connectivity index (χ3n) is 8.67. The van der Waals surface area contributed by atoms with Crippen LogP contribution in [0, 0.1) is 5.41 Å². The van der Waals surface area contributed by atoms with Gasteiger partial charge < -0.3 is 14.5 Å². The van der Waals surface area contributed by atoms with Crippen LogP contribution in [0.1, 0.15) is 83.4 Å². The number of hydrogen-bond donors (Lipinski definition) is 1. The third kappa shape index (κ3) is 4.10. The van der Waals surface area contributed by atoms with Crippen LogP contribution in [0.2, 0.25) is 0 Å². The fourth-order valence-electron chi connectivity index (χ4n) is 6.38. The Morgan fingerprint density at radius 1 is 1.09 bits per heavy atom. The van der Waals surface area contributed by atoms with Crippen molar-refractivity contribution >= 4 is 11.2 Å². The average Bonchev–Trinajstić information content (AvgIpc) is 3.58. The van der Waals surface area contributed by atoms with Crippen molar-refractivity contribution in [2.24, 2.45) is 5.41 Å². The molecule has 35 heavy (non-hydrogen) atoms. The van der Waals surface area contributed by atoms with Crippen LogP contribution in [0.3, 0.4) is 0 Å². The SMILES string of the molecule is CCCn1c(OC2CCCC2)nc2nc(C34CCC(COc5ccccn5)(CC3)CC4)[nH]c2c1=O. The van der Waals surface area contributed by atoms with Crippen LogP contribution in [-0.4, -0.2) is 37.2 Å². The van der Waals surface area contributed by atoms with E-state index >= 15 is 0 Å². The zero-order valence-electron chi connectivity index (χ0n) is 20.6. The minimum atomic E-state index is -0.0651. The van der Waals surface area contributed by atoms with E-state index in [4.69, 9.17) is 19.4 Å². The van der Waals surface area contributed by atoms with Gasteiger partial charge in [-0.1, -0.05) is 13.0 Å². The summed E-state index contributed by atoms with van der Waals surface area (Å²) >= 11 is 0. The molecule has 7 rings (SSSR count). The number of H-pyrrole nitrogens is 1.